The molecule has 0 saturated carbocycles. The van der Waals surface area contributed by atoms with Crippen LogP contribution < -0.4 is 5.32 Å². The summed E-state index contributed by atoms with van der Waals surface area (Å²) in [6, 6.07) is 4.62. The van der Waals surface area contributed by atoms with Gasteiger partial charge in [0.1, 0.15) is 18.0 Å². The third kappa shape index (κ3) is 2.77. The van der Waals surface area contributed by atoms with E-state index in [9.17, 15) is 4.39 Å². The second-order valence-electron chi connectivity index (χ2n) is 3.27. The van der Waals surface area contributed by atoms with Crippen molar-refractivity contribution in [3.63, 3.8) is 0 Å². The lowest BCUT2D eigenvalue weighted by Crippen LogP contribution is -2.14. The van der Waals surface area contributed by atoms with Crippen molar-refractivity contribution in [2.24, 2.45) is 0 Å². The molecule has 0 fully saturated rings. The molecule has 0 amide bonds. The molecule has 0 unspecified atom stereocenters. The molecule has 84 valence electrons. The van der Waals surface area contributed by atoms with Crippen LogP contribution in [0.3, 0.4) is 0 Å². The first-order valence-corrected chi connectivity index (χ1v) is 5.12. The Morgan fingerprint density at radius 3 is 2.94 bits per heavy atom. The minimum Gasteiger partial charge on any atom is -0.306 e. The molecular formula is C10H10ClFN4. The van der Waals surface area contributed by atoms with Gasteiger partial charge in [0.2, 0.25) is 0 Å². The normalized spacial score (nSPS) is 10.6. The average molecular weight is 241 g/mol. The van der Waals surface area contributed by atoms with Gasteiger partial charge in [-0.3, -0.25) is 5.10 Å². The largest absolute Gasteiger partial charge is 0.306 e. The third-order valence-electron chi connectivity index (χ3n) is 2.09. The van der Waals surface area contributed by atoms with Gasteiger partial charge in [-0.2, -0.15) is 5.10 Å². The first-order valence-electron chi connectivity index (χ1n) is 4.74. The minimum absolute atomic E-state index is 0.308. The van der Waals surface area contributed by atoms with Gasteiger partial charge in [-0.25, -0.2) is 9.37 Å². The third-order valence-corrected chi connectivity index (χ3v) is 2.32. The monoisotopic (exact) mass is 240 g/mol. The number of aromatic nitrogens is 3. The summed E-state index contributed by atoms with van der Waals surface area (Å²) in [5, 5.41) is 9.87. The van der Waals surface area contributed by atoms with E-state index < -0.39 is 0 Å². The maximum Gasteiger partial charge on any atom is 0.138 e. The molecule has 0 bridgehead atoms. The fourth-order valence-corrected chi connectivity index (χ4v) is 1.46. The molecule has 0 aliphatic carbocycles. The van der Waals surface area contributed by atoms with Crippen LogP contribution in [0.5, 0.6) is 0 Å². The van der Waals surface area contributed by atoms with E-state index in [-0.39, 0.29) is 5.82 Å². The number of nitrogens with one attached hydrogen (secondary N) is 2. The molecule has 0 atom stereocenters. The van der Waals surface area contributed by atoms with Gasteiger partial charge in [0.25, 0.3) is 0 Å². The Labute approximate surface area is 96.9 Å². The molecular weight excluding hydrogens is 231 g/mol. The van der Waals surface area contributed by atoms with Crippen LogP contribution in [-0.4, -0.2) is 15.2 Å². The molecule has 0 aliphatic heterocycles. The minimum atomic E-state index is -0.308. The average Bonchev–Trinajstić information content (AvgIpc) is 2.74. The Balaban J connectivity index is 1.90. The molecule has 0 saturated heterocycles. The summed E-state index contributed by atoms with van der Waals surface area (Å²) in [4.78, 5) is 3.94. The molecule has 6 heteroatoms. The Kier molecular flexibility index (Phi) is 3.48. The van der Waals surface area contributed by atoms with Crippen LogP contribution in [0.15, 0.2) is 24.5 Å². The van der Waals surface area contributed by atoms with Crippen molar-refractivity contribution in [1.82, 2.24) is 20.5 Å². The van der Waals surface area contributed by atoms with E-state index in [4.69, 9.17) is 11.6 Å². The van der Waals surface area contributed by atoms with Crippen molar-refractivity contribution < 1.29 is 4.39 Å². The Morgan fingerprint density at radius 2 is 2.25 bits per heavy atom. The van der Waals surface area contributed by atoms with Crippen LogP contribution in [0.2, 0.25) is 5.02 Å². The van der Waals surface area contributed by atoms with E-state index in [1.807, 2.05) is 0 Å². The summed E-state index contributed by atoms with van der Waals surface area (Å²) < 4.78 is 13.4. The highest BCUT2D eigenvalue weighted by atomic mass is 35.5. The fraction of sp³-hybridized carbons (Fsp3) is 0.200. The van der Waals surface area contributed by atoms with Gasteiger partial charge < -0.3 is 5.32 Å². The SMILES string of the molecule is Fc1cc(Cl)ccc1CNCc1ncn[nH]1. The van der Waals surface area contributed by atoms with E-state index in [0.717, 1.165) is 5.82 Å². The highest BCUT2D eigenvalue weighted by Gasteiger charge is 2.02. The number of H-pyrrole nitrogens is 1. The maximum absolute atomic E-state index is 13.4. The maximum atomic E-state index is 13.4. The number of hydrogen-bond donors (Lipinski definition) is 2. The molecule has 0 spiro atoms. The number of nitrogens with zero attached hydrogens (tertiary/aromatic N) is 2. The first kappa shape index (κ1) is 11.0. The van der Waals surface area contributed by atoms with Crippen LogP contribution in [0.25, 0.3) is 0 Å². The highest BCUT2D eigenvalue weighted by molar-refractivity contribution is 6.30. The second kappa shape index (κ2) is 5.05. The van der Waals surface area contributed by atoms with Gasteiger partial charge in [-0.1, -0.05) is 17.7 Å². The summed E-state index contributed by atoms with van der Waals surface area (Å²) in [5.41, 5.74) is 0.573. The van der Waals surface area contributed by atoms with Gasteiger partial charge in [-0.05, 0) is 12.1 Å². The van der Waals surface area contributed by atoms with Crippen LogP contribution in [0.4, 0.5) is 4.39 Å². The van der Waals surface area contributed by atoms with E-state index in [2.05, 4.69) is 20.5 Å². The van der Waals surface area contributed by atoms with Crippen molar-refractivity contribution >= 4 is 11.6 Å². The fourth-order valence-electron chi connectivity index (χ4n) is 1.30. The zero-order valence-electron chi connectivity index (χ0n) is 8.37. The highest BCUT2D eigenvalue weighted by Crippen LogP contribution is 2.14. The van der Waals surface area contributed by atoms with Gasteiger partial charge in [0.15, 0.2) is 0 Å². The summed E-state index contributed by atoms with van der Waals surface area (Å²) in [7, 11) is 0. The summed E-state index contributed by atoms with van der Waals surface area (Å²) in [5.74, 6) is 0.409. The predicted octanol–water partition coefficient (Wildman–Crippen LogP) is 1.89. The van der Waals surface area contributed by atoms with E-state index in [1.165, 1.54) is 12.4 Å². The smallest absolute Gasteiger partial charge is 0.138 e. The molecule has 0 radical (unpaired) electrons. The summed E-state index contributed by atoms with van der Waals surface area (Å²) >= 11 is 5.65. The molecule has 2 N–H and O–H groups in total. The number of hydrogen-bond acceptors (Lipinski definition) is 3. The lowest BCUT2D eigenvalue weighted by molar-refractivity contribution is 0.583. The predicted molar refractivity (Wildman–Crippen MR) is 58.3 cm³/mol. The van der Waals surface area contributed by atoms with E-state index in [1.54, 1.807) is 12.1 Å². The summed E-state index contributed by atoms with van der Waals surface area (Å²) in [6.45, 7) is 0.936. The quantitative estimate of drug-likeness (QED) is 0.858. The number of halogens is 2. The molecule has 4 nitrogen and oxygen atoms in total. The molecule has 1 heterocycles. The van der Waals surface area contributed by atoms with Crippen LogP contribution in [-0.2, 0) is 13.1 Å². The topological polar surface area (TPSA) is 53.6 Å². The zero-order chi connectivity index (χ0) is 11.4. The summed E-state index contributed by atoms with van der Waals surface area (Å²) in [6.07, 6.45) is 1.43. The van der Waals surface area contributed by atoms with Crippen molar-refractivity contribution in [2.45, 2.75) is 13.1 Å². The zero-order valence-corrected chi connectivity index (χ0v) is 9.13. The molecule has 16 heavy (non-hydrogen) atoms. The number of aromatic amines is 1. The Bertz CT molecular complexity index is 458. The van der Waals surface area contributed by atoms with Crippen molar-refractivity contribution in [2.75, 3.05) is 0 Å². The Hall–Kier alpha value is -1.46. The van der Waals surface area contributed by atoms with Crippen molar-refractivity contribution in [3.8, 4) is 0 Å². The molecule has 1 aromatic heterocycles. The van der Waals surface area contributed by atoms with Crippen molar-refractivity contribution in [1.29, 1.82) is 0 Å². The van der Waals surface area contributed by atoms with Crippen LogP contribution >= 0.6 is 11.6 Å². The number of rotatable bonds is 4. The first-order chi connectivity index (χ1) is 7.75. The lowest BCUT2D eigenvalue weighted by atomic mass is 10.2. The standard InChI is InChI=1S/C10H10ClFN4/c11-8-2-1-7(9(12)3-8)4-13-5-10-14-6-15-16-10/h1-3,6,13H,4-5H2,(H,14,15,16). The second-order valence-corrected chi connectivity index (χ2v) is 3.71. The van der Waals surface area contributed by atoms with Crippen LogP contribution in [0.1, 0.15) is 11.4 Å². The van der Waals surface area contributed by atoms with Crippen LogP contribution in [0, 0.1) is 5.82 Å². The Morgan fingerprint density at radius 1 is 1.38 bits per heavy atom. The van der Waals surface area contributed by atoms with Crippen molar-refractivity contribution in [3.05, 3.63) is 46.8 Å². The van der Waals surface area contributed by atoms with Gasteiger partial charge in [0, 0.05) is 17.1 Å². The van der Waals surface area contributed by atoms with Gasteiger partial charge in [0.05, 0.1) is 6.54 Å². The van der Waals surface area contributed by atoms with E-state index in [0.29, 0.717) is 23.7 Å². The lowest BCUT2D eigenvalue weighted by Gasteiger charge is -2.04. The van der Waals surface area contributed by atoms with Gasteiger partial charge in [-0.15, -0.1) is 0 Å². The number of benzene rings is 1. The molecule has 2 aromatic rings. The molecule has 1 aromatic carbocycles. The molecule has 0 aliphatic rings. The molecule has 2 rings (SSSR count). The van der Waals surface area contributed by atoms with Gasteiger partial charge >= 0.3 is 0 Å². The van der Waals surface area contributed by atoms with E-state index >= 15 is 0 Å².